The molecule has 9 heteroatoms. The average Bonchev–Trinajstić information content (AvgIpc) is 3.01. The predicted molar refractivity (Wildman–Crippen MR) is 127 cm³/mol. The quantitative estimate of drug-likeness (QED) is 0.349. The molecule has 2 aromatic rings. The topological polar surface area (TPSA) is 82.1 Å². The summed E-state index contributed by atoms with van der Waals surface area (Å²) in [4.78, 5) is 37.8. The zero-order valence-electron chi connectivity index (χ0n) is 18.5. The Hall–Kier alpha value is -2.97. The summed E-state index contributed by atoms with van der Waals surface area (Å²) in [5.41, 5.74) is 1.61. The van der Waals surface area contributed by atoms with Crippen molar-refractivity contribution < 1.29 is 28.6 Å². The van der Waals surface area contributed by atoms with Crippen molar-refractivity contribution in [3.8, 4) is 11.5 Å². The molecule has 1 heterocycles. The summed E-state index contributed by atoms with van der Waals surface area (Å²) in [6, 6.07) is 12.6. The lowest BCUT2D eigenvalue weighted by atomic mass is 10.1. The van der Waals surface area contributed by atoms with Crippen molar-refractivity contribution in [2.45, 2.75) is 33.5 Å². The van der Waals surface area contributed by atoms with Gasteiger partial charge in [0.05, 0.1) is 17.6 Å². The molecule has 2 amide bonds. The van der Waals surface area contributed by atoms with Crippen LogP contribution in [0.5, 0.6) is 11.5 Å². The highest BCUT2D eigenvalue weighted by atomic mass is 35.5. The third-order valence-electron chi connectivity index (χ3n) is 4.40. The second-order valence-corrected chi connectivity index (χ2v) is 8.79. The number of benzene rings is 2. The fraction of sp³-hybridized carbons (Fsp3) is 0.292. The Kier molecular flexibility index (Phi) is 8.41. The normalized spacial score (nSPS) is 14.8. The number of imide groups is 1. The lowest BCUT2D eigenvalue weighted by Gasteiger charge is -2.13. The number of carbonyl (C=O) groups excluding carboxylic acids is 3. The second kappa shape index (κ2) is 11.2. The van der Waals surface area contributed by atoms with E-state index in [2.05, 4.69) is 0 Å². The molecule has 0 spiro atoms. The highest BCUT2D eigenvalue weighted by molar-refractivity contribution is 8.18. The van der Waals surface area contributed by atoms with Crippen LogP contribution in [-0.4, -0.2) is 41.3 Å². The van der Waals surface area contributed by atoms with Crippen LogP contribution in [-0.2, 0) is 20.9 Å². The van der Waals surface area contributed by atoms with Crippen LogP contribution in [0.1, 0.15) is 31.9 Å². The number of esters is 1. The minimum atomic E-state index is -0.630. The van der Waals surface area contributed by atoms with Crippen LogP contribution >= 0.6 is 23.4 Å². The molecule has 0 atom stereocenters. The monoisotopic (exact) mass is 489 g/mol. The average molecular weight is 490 g/mol. The summed E-state index contributed by atoms with van der Waals surface area (Å²) in [5.74, 6) is -0.102. The lowest BCUT2D eigenvalue weighted by molar-refractivity contribution is -0.149. The molecule has 0 aliphatic carbocycles. The summed E-state index contributed by atoms with van der Waals surface area (Å²) >= 11 is 6.69. The van der Waals surface area contributed by atoms with Gasteiger partial charge in [-0.15, -0.1) is 0 Å². The van der Waals surface area contributed by atoms with Gasteiger partial charge < -0.3 is 14.2 Å². The lowest BCUT2D eigenvalue weighted by Crippen LogP contribution is -2.35. The maximum Gasteiger partial charge on any atom is 0.326 e. The predicted octanol–water partition coefficient (Wildman–Crippen LogP) is 5.31. The number of nitrogens with zero attached hydrogens (tertiary/aromatic N) is 1. The van der Waals surface area contributed by atoms with Crippen LogP contribution in [0.15, 0.2) is 47.4 Å². The molecule has 1 saturated heterocycles. The minimum Gasteiger partial charge on any atom is -0.490 e. The van der Waals surface area contributed by atoms with Gasteiger partial charge in [0.25, 0.3) is 11.1 Å². The summed E-state index contributed by atoms with van der Waals surface area (Å²) in [6.45, 7) is 5.60. The molecule has 3 rings (SSSR count). The highest BCUT2D eigenvalue weighted by Gasteiger charge is 2.36. The van der Waals surface area contributed by atoms with Gasteiger partial charge in [-0.2, -0.15) is 0 Å². The van der Waals surface area contributed by atoms with Crippen LogP contribution in [0.3, 0.4) is 0 Å². The third-order valence-corrected chi connectivity index (χ3v) is 5.56. The van der Waals surface area contributed by atoms with Gasteiger partial charge in [0.15, 0.2) is 11.5 Å². The Morgan fingerprint density at radius 1 is 1.09 bits per heavy atom. The largest absolute Gasteiger partial charge is 0.490 e. The van der Waals surface area contributed by atoms with E-state index < -0.39 is 23.7 Å². The molecule has 7 nitrogen and oxygen atoms in total. The van der Waals surface area contributed by atoms with E-state index in [1.165, 1.54) is 0 Å². The van der Waals surface area contributed by atoms with E-state index in [4.69, 9.17) is 25.8 Å². The molecule has 1 fully saturated rings. The van der Waals surface area contributed by atoms with Gasteiger partial charge >= 0.3 is 5.97 Å². The number of halogens is 1. The number of rotatable bonds is 9. The van der Waals surface area contributed by atoms with E-state index in [1.54, 1.807) is 50.3 Å². The first-order valence-electron chi connectivity index (χ1n) is 10.4. The van der Waals surface area contributed by atoms with Crippen LogP contribution in [0, 0.1) is 0 Å². The number of hydrogen-bond acceptors (Lipinski definition) is 7. The number of carbonyl (C=O) groups is 3. The smallest absolute Gasteiger partial charge is 0.326 e. The Bertz CT molecular complexity index is 1070. The van der Waals surface area contributed by atoms with Crippen LogP contribution in [0.25, 0.3) is 6.08 Å². The Morgan fingerprint density at radius 3 is 2.48 bits per heavy atom. The van der Waals surface area contributed by atoms with E-state index in [-0.39, 0.29) is 11.0 Å². The summed E-state index contributed by atoms with van der Waals surface area (Å²) in [6.07, 6.45) is 1.26. The standard InChI is InChI=1S/C24H24ClNO6S/c1-4-30-20-11-17(7-10-19(20)31-14-16-5-8-18(25)9-6-16)12-21-23(28)26(24(29)33-21)13-22(27)32-15(2)3/h5-12,15H,4,13-14H2,1-3H3/b21-12+. The van der Waals surface area contributed by atoms with Gasteiger partial charge in [-0.1, -0.05) is 29.8 Å². The van der Waals surface area contributed by atoms with Crippen molar-refractivity contribution >= 4 is 46.6 Å². The Balaban J connectivity index is 1.74. The molecule has 0 aromatic heterocycles. The van der Waals surface area contributed by atoms with E-state index in [0.717, 1.165) is 22.2 Å². The van der Waals surface area contributed by atoms with Crippen LogP contribution in [0.4, 0.5) is 4.79 Å². The van der Waals surface area contributed by atoms with E-state index in [0.29, 0.717) is 35.3 Å². The molecule has 2 aromatic carbocycles. The van der Waals surface area contributed by atoms with Crippen molar-refractivity contribution in [2.24, 2.45) is 0 Å². The summed E-state index contributed by atoms with van der Waals surface area (Å²) in [5, 5.41) is 0.138. The maximum atomic E-state index is 12.6. The number of ether oxygens (including phenoxy) is 3. The van der Waals surface area contributed by atoms with Crippen molar-refractivity contribution in [1.82, 2.24) is 4.90 Å². The zero-order valence-corrected chi connectivity index (χ0v) is 20.1. The summed E-state index contributed by atoms with van der Waals surface area (Å²) in [7, 11) is 0. The highest BCUT2D eigenvalue weighted by Crippen LogP contribution is 2.35. The van der Waals surface area contributed by atoms with Gasteiger partial charge in [0, 0.05) is 5.02 Å². The molecule has 0 unspecified atom stereocenters. The summed E-state index contributed by atoms with van der Waals surface area (Å²) < 4.78 is 16.6. The Labute approximate surface area is 201 Å². The van der Waals surface area contributed by atoms with Crippen molar-refractivity contribution in [3.05, 3.63) is 63.5 Å². The van der Waals surface area contributed by atoms with Crippen LogP contribution < -0.4 is 9.47 Å². The molecular formula is C24H24ClNO6S. The molecule has 174 valence electrons. The first-order chi connectivity index (χ1) is 15.8. The maximum absolute atomic E-state index is 12.6. The SMILES string of the molecule is CCOc1cc(/C=C2/SC(=O)N(CC(=O)OC(C)C)C2=O)ccc1OCc1ccc(Cl)cc1. The Morgan fingerprint density at radius 2 is 1.82 bits per heavy atom. The first kappa shape index (κ1) is 24.7. The molecule has 0 bridgehead atoms. The van der Waals surface area contributed by atoms with Crippen LogP contribution in [0.2, 0.25) is 5.02 Å². The fourth-order valence-corrected chi connectivity index (χ4v) is 3.92. The van der Waals surface area contributed by atoms with Crippen molar-refractivity contribution in [1.29, 1.82) is 0 Å². The number of amides is 2. The van der Waals surface area contributed by atoms with Gasteiger partial charge in [0.1, 0.15) is 13.2 Å². The molecule has 0 radical (unpaired) electrons. The van der Waals surface area contributed by atoms with Gasteiger partial charge in [-0.05, 0) is 74.0 Å². The van der Waals surface area contributed by atoms with Gasteiger partial charge in [0.2, 0.25) is 0 Å². The molecule has 1 aliphatic rings. The van der Waals surface area contributed by atoms with E-state index >= 15 is 0 Å². The molecule has 33 heavy (non-hydrogen) atoms. The fourth-order valence-electron chi connectivity index (χ4n) is 2.96. The van der Waals surface area contributed by atoms with Gasteiger partial charge in [-0.25, -0.2) is 0 Å². The third kappa shape index (κ3) is 6.76. The minimum absolute atomic E-state index is 0.217. The zero-order chi connectivity index (χ0) is 24.0. The van der Waals surface area contributed by atoms with Crippen molar-refractivity contribution in [2.75, 3.05) is 13.2 Å². The van der Waals surface area contributed by atoms with E-state index in [1.807, 2.05) is 19.1 Å². The number of hydrogen-bond donors (Lipinski definition) is 0. The van der Waals surface area contributed by atoms with E-state index in [9.17, 15) is 14.4 Å². The first-order valence-corrected chi connectivity index (χ1v) is 11.5. The van der Waals surface area contributed by atoms with Gasteiger partial charge in [-0.3, -0.25) is 19.3 Å². The molecule has 0 N–H and O–H groups in total. The molecule has 0 saturated carbocycles. The molecular weight excluding hydrogens is 466 g/mol. The number of thioether (sulfide) groups is 1. The molecule has 1 aliphatic heterocycles. The second-order valence-electron chi connectivity index (χ2n) is 7.36. The van der Waals surface area contributed by atoms with Crippen molar-refractivity contribution in [3.63, 3.8) is 0 Å².